The molecule has 0 N–H and O–H groups in total. The van der Waals surface area contributed by atoms with Crippen molar-refractivity contribution in [3.05, 3.63) is 329 Å². The summed E-state index contributed by atoms with van der Waals surface area (Å²) in [5.74, 6) is 0. The maximum atomic E-state index is 10.7. The third-order valence-electron chi connectivity index (χ3n) is 27.0. The van der Waals surface area contributed by atoms with Gasteiger partial charge in [0.2, 0.25) is 0 Å². The highest BCUT2D eigenvalue weighted by atomic mass is 15.2. The number of fused-ring (bicyclic) bond motifs is 10. The molecule has 0 spiro atoms. The lowest BCUT2D eigenvalue weighted by atomic mass is 9.33. The van der Waals surface area contributed by atoms with E-state index < -0.39 is 147 Å². The topological polar surface area (TPSA) is 67.9 Å². The molecule has 17 aromatic rings. The van der Waals surface area contributed by atoms with Crippen molar-refractivity contribution < 1.29 is 21.9 Å². The van der Waals surface area contributed by atoms with Crippen LogP contribution in [0.25, 0.3) is 122 Å². The predicted octanol–water partition coefficient (Wildman–Crippen LogP) is 32.5. The van der Waals surface area contributed by atoms with Gasteiger partial charge in [-0.2, -0.15) is 0 Å². The molecule has 2 aliphatic rings. The molecule has 9 heteroatoms. The molecule has 8 nitrogen and oxygen atoms in total. The van der Waals surface area contributed by atoms with Crippen LogP contribution in [0.1, 0.15) is 286 Å². The van der Waals surface area contributed by atoms with E-state index in [-0.39, 0.29) is 60.1 Å². The summed E-state index contributed by atoms with van der Waals surface area (Å²) in [6.45, 7) is 65.0. The van der Waals surface area contributed by atoms with Gasteiger partial charge in [0.15, 0.2) is 0 Å². The van der Waals surface area contributed by atoms with Gasteiger partial charge in [-0.1, -0.05) is 377 Å². The first kappa shape index (κ1) is 73.6. The number of pyridine rings is 4. The van der Waals surface area contributed by atoms with Crippen molar-refractivity contribution in [2.75, 3.05) is 9.80 Å². The van der Waals surface area contributed by atoms with Gasteiger partial charge in [0.05, 0.1) is 66.7 Å². The quantitative estimate of drug-likeness (QED) is 0.127. The van der Waals surface area contributed by atoms with Crippen molar-refractivity contribution in [3.8, 4) is 78.1 Å². The lowest BCUT2D eigenvalue weighted by Gasteiger charge is -2.46. The molecule has 6 aromatic heterocycles. The molecule has 0 saturated carbocycles. The minimum atomic E-state index is -0.840. The molecule has 135 heavy (non-hydrogen) atoms. The van der Waals surface area contributed by atoms with E-state index in [1.165, 1.54) is 0 Å². The molecular weight excluding hydrogens is 1640 g/mol. The number of hydrogen-bond acceptors (Lipinski definition) is 6. The van der Waals surface area contributed by atoms with Crippen LogP contribution in [0.3, 0.4) is 0 Å². The average Bonchev–Trinajstić information content (AvgIpc) is 1.24. The summed E-state index contributed by atoms with van der Waals surface area (Å²) in [6, 6.07) is 54.0. The molecule has 0 saturated heterocycles. The highest BCUT2D eigenvalue weighted by Gasteiger charge is 2.47. The van der Waals surface area contributed by atoms with Gasteiger partial charge < -0.3 is 18.9 Å². The summed E-state index contributed by atoms with van der Waals surface area (Å²) >= 11 is 0. The first-order valence-electron chi connectivity index (χ1n) is 55.6. The Morgan fingerprint density at radius 2 is 0.511 bits per heavy atom. The van der Waals surface area contributed by atoms with Crippen molar-refractivity contribution in [1.82, 2.24) is 29.1 Å². The van der Waals surface area contributed by atoms with E-state index in [9.17, 15) is 21.9 Å². The first-order valence-corrected chi connectivity index (χ1v) is 47.6. The third-order valence-corrected chi connectivity index (χ3v) is 27.0. The third kappa shape index (κ3) is 16.4. The minimum Gasteiger partial charge on any atom is -0.310 e. The lowest BCUT2D eigenvalue weighted by Crippen LogP contribution is -2.61. The summed E-state index contributed by atoms with van der Waals surface area (Å²) in [4.78, 5) is 27.2. The van der Waals surface area contributed by atoms with Crippen LogP contribution in [0.5, 0.6) is 0 Å². The normalized spacial score (nSPS) is 15.3. The largest absolute Gasteiger partial charge is 0.310 e. The van der Waals surface area contributed by atoms with Crippen molar-refractivity contribution in [2.45, 2.75) is 262 Å². The molecule has 0 bridgehead atoms. The Balaban J connectivity index is 1.12. The molecule has 11 aromatic carbocycles. The number of nitrogens with zero attached hydrogens (tertiary/aromatic N) is 8. The van der Waals surface area contributed by atoms with Crippen LogP contribution in [0.2, 0.25) is 0 Å². The van der Waals surface area contributed by atoms with Crippen molar-refractivity contribution in [2.24, 2.45) is 0 Å². The zero-order valence-electron chi connectivity index (χ0n) is 100. The zero-order chi connectivity index (χ0) is 110. The highest BCUT2D eigenvalue weighted by Crippen LogP contribution is 2.57. The van der Waals surface area contributed by atoms with E-state index in [4.69, 9.17) is 19.9 Å². The van der Waals surface area contributed by atoms with Crippen molar-refractivity contribution in [3.63, 3.8) is 0 Å². The van der Waals surface area contributed by atoms with Gasteiger partial charge in [-0.15, -0.1) is 0 Å². The molecule has 682 valence electrons. The average molecular weight is 1790 g/mol. The fourth-order valence-electron chi connectivity index (χ4n) is 19.2. The first-order chi connectivity index (χ1) is 69.9. The van der Waals surface area contributed by atoms with Crippen LogP contribution in [0.4, 0.5) is 34.1 Å². The van der Waals surface area contributed by atoms with Crippen LogP contribution in [0, 0.1) is 0 Å². The molecule has 2 aliphatic heterocycles. The summed E-state index contributed by atoms with van der Waals surface area (Å²) in [5, 5.41) is -0.415. The Morgan fingerprint density at radius 1 is 0.230 bits per heavy atom. The van der Waals surface area contributed by atoms with Gasteiger partial charge in [0.1, 0.15) is 0 Å². The second kappa shape index (κ2) is 32.0. The SMILES string of the molecule is [2H]c1c([2H])c([2H])c2c(c1[2H])c1c([2H])c([2H])c([2H])c([2H])c1n2-c1cc2c3c(c1)N(c1c(-c4cc(C(C)(C)C)nc(C(C)(C)C)c4)cccc1-c1cc(C(C)(C)C)nc(C(C)(C)C)c1)c1cc(-c4ccccc4-n4c5c([2H])c([2H])c([2H])c([2H])c5c5c([2H])c([2H])c([2H])c([2H])c54)ccc1B3c1ccc(-c3cc(C(C)(C)C)cc(C(C)(C)C)c3)cc1N2c1c(-c2cc(C(C)(C)C)nc(C(C)(C)C)c2)cccc1-c1cc(C(C)(C)C)nc(C(C)(C)C)c1. The monoisotopic (exact) mass is 1790 g/mol. The van der Waals surface area contributed by atoms with E-state index in [0.29, 0.717) is 39.6 Å². The number of hydrogen-bond donors (Lipinski definition) is 0. The fourth-order valence-corrected chi connectivity index (χ4v) is 19.2. The minimum absolute atomic E-state index is 0.0655. The smallest absolute Gasteiger partial charge is 0.252 e. The molecule has 0 atom stereocenters. The van der Waals surface area contributed by atoms with Gasteiger partial charge in [-0.3, -0.25) is 19.9 Å². The molecular formula is C126H135BN8. The van der Waals surface area contributed by atoms with Gasteiger partial charge in [-0.25, -0.2) is 0 Å². The Bertz CT molecular complexity index is 8190. The number of rotatable bonds is 10. The number of benzene rings is 11. The van der Waals surface area contributed by atoms with E-state index in [1.807, 2.05) is 24.3 Å². The standard InChI is InChI=1S/C126H135BN8/c1-117(2,3)83-61-78(62-84(73-83)118(4,5)6)76-57-59-95-102(63-76)134(115-87(79-65-106(119(7,8)9)128-107(66-79)120(10,11)12)48-41-49-88(115)80-67-108(121(13,14)15)129-109(68-80)122(16,17)18)104-74-85(132-98-53-37-32-44-91(98)92-45-33-38-54-99(92)132)75-105-114(104)127(95)96-60-58-77(86-43-31-36-52-97(86)133-100-55-39-34-46-93(100)94-47-35-40-56-101(94)133)64-103(96)135(105)116-89(81-69-110(123(19,20)21)130-111(70-81)124(22,23)24)50-42-51-90(116)82-71-112(125(25,26)27)131-113(72-82)126(28,29)30/h31-75H,1-30H3/i32D,33D,34D,35D,37D,38D,39D,40D,44D,45D,46D,47D,53D,54D,55D,56D. The number of aromatic nitrogens is 6. The number of para-hydroxylation sites is 7. The second-order valence-corrected chi connectivity index (χ2v) is 47.8. The Labute approximate surface area is 826 Å². The molecule has 0 amide bonds. The van der Waals surface area contributed by atoms with Gasteiger partial charge in [0, 0.05) is 161 Å². The van der Waals surface area contributed by atoms with Crippen molar-refractivity contribution in [1.29, 1.82) is 0 Å². The summed E-state index contributed by atoms with van der Waals surface area (Å²) < 4.78 is 161. The molecule has 19 rings (SSSR count). The van der Waals surface area contributed by atoms with E-state index in [2.05, 4.69) is 369 Å². The summed E-state index contributed by atoms with van der Waals surface area (Å²) in [5.41, 5.74) is 19.7. The van der Waals surface area contributed by atoms with Crippen LogP contribution < -0.4 is 26.2 Å². The van der Waals surface area contributed by atoms with Crippen LogP contribution >= 0.6 is 0 Å². The predicted molar refractivity (Wildman–Crippen MR) is 580 cm³/mol. The Morgan fingerprint density at radius 3 is 0.822 bits per heavy atom. The van der Waals surface area contributed by atoms with Crippen molar-refractivity contribution >= 4 is 101 Å². The van der Waals surface area contributed by atoms with Gasteiger partial charge in [0.25, 0.3) is 6.71 Å². The molecule has 0 unspecified atom stereocenters. The van der Waals surface area contributed by atoms with Crippen LogP contribution in [-0.2, 0) is 54.1 Å². The van der Waals surface area contributed by atoms with Crippen LogP contribution in [0.15, 0.2) is 273 Å². The van der Waals surface area contributed by atoms with E-state index in [0.717, 1.165) is 140 Å². The second-order valence-electron chi connectivity index (χ2n) is 47.8. The Hall–Kier alpha value is -12.7. The fraction of sp³-hybridized carbons (Fsp3) is 0.317. The van der Waals surface area contributed by atoms with E-state index >= 15 is 0 Å². The summed E-state index contributed by atoms with van der Waals surface area (Å²) in [6.07, 6.45) is 0. The maximum Gasteiger partial charge on any atom is 0.252 e. The molecule has 0 aliphatic carbocycles. The number of anilines is 6. The lowest BCUT2D eigenvalue weighted by molar-refractivity contribution is 0.531. The van der Waals surface area contributed by atoms with Crippen LogP contribution in [-0.4, -0.2) is 35.8 Å². The van der Waals surface area contributed by atoms with E-state index in [1.54, 1.807) is 9.13 Å². The molecule has 8 heterocycles. The maximum absolute atomic E-state index is 10.7. The molecule has 0 radical (unpaired) electrons. The van der Waals surface area contributed by atoms with Gasteiger partial charge >= 0.3 is 0 Å². The Kier molecular flexibility index (Phi) is 17.4. The highest BCUT2D eigenvalue weighted by molar-refractivity contribution is 7.00. The van der Waals surface area contributed by atoms with Gasteiger partial charge in [-0.05, 0) is 180 Å². The zero-order valence-corrected chi connectivity index (χ0v) is 84.4. The summed E-state index contributed by atoms with van der Waals surface area (Å²) in [7, 11) is 0. The molecule has 0 fully saturated rings.